The highest BCUT2D eigenvalue weighted by molar-refractivity contribution is 7.89. The molecule has 29 heavy (non-hydrogen) atoms. The molecule has 0 spiro atoms. The van der Waals surface area contributed by atoms with Gasteiger partial charge >= 0.3 is 6.03 Å². The Bertz CT molecular complexity index is 808. The third kappa shape index (κ3) is 4.15. The number of hydrogen-bond acceptors (Lipinski definition) is 4. The normalized spacial score (nSPS) is 28.5. The first-order valence-corrected chi connectivity index (χ1v) is 12.0. The van der Waals surface area contributed by atoms with Gasteiger partial charge in [-0.25, -0.2) is 13.2 Å². The maximum atomic E-state index is 12.8. The molecule has 2 atom stereocenters. The van der Waals surface area contributed by atoms with Crippen LogP contribution in [0.4, 0.5) is 4.79 Å². The quantitative estimate of drug-likeness (QED) is 0.749. The zero-order valence-corrected chi connectivity index (χ0v) is 18.1. The van der Waals surface area contributed by atoms with Gasteiger partial charge in [0, 0.05) is 39.3 Å². The maximum absolute atomic E-state index is 12.8. The highest BCUT2D eigenvalue weighted by Gasteiger charge is 2.44. The van der Waals surface area contributed by atoms with Crippen molar-refractivity contribution in [3.05, 3.63) is 30.3 Å². The lowest BCUT2D eigenvalue weighted by atomic mass is 9.99. The fraction of sp³-hybridized carbons (Fsp3) is 0.667. The van der Waals surface area contributed by atoms with E-state index in [1.54, 1.807) is 33.5 Å². The lowest BCUT2D eigenvalue weighted by Gasteiger charge is -2.41. The number of carbonyl (C=O) groups excluding carboxylic acids is 1. The zero-order chi connectivity index (χ0) is 20.6. The van der Waals surface area contributed by atoms with Crippen LogP contribution < -0.4 is 0 Å². The summed E-state index contributed by atoms with van der Waals surface area (Å²) in [5.41, 5.74) is 0. The van der Waals surface area contributed by atoms with Crippen molar-refractivity contribution < 1.29 is 17.9 Å². The second-order valence-corrected chi connectivity index (χ2v) is 10.6. The SMILES string of the molecule is CN(C)C(=O)N1C2CCC1CC(OC1CCN(S(=O)(=O)c3ccccc3)CC1)C2. The molecule has 3 aliphatic rings. The van der Waals surface area contributed by atoms with Crippen LogP contribution in [0.2, 0.25) is 0 Å². The molecule has 3 aliphatic heterocycles. The molecule has 2 bridgehead atoms. The number of hydrogen-bond donors (Lipinski definition) is 0. The van der Waals surface area contributed by atoms with Crippen LogP contribution in [0.3, 0.4) is 0 Å². The minimum Gasteiger partial charge on any atom is -0.375 e. The summed E-state index contributed by atoms with van der Waals surface area (Å²) in [6.07, 6.45) is 5.59. The van der Waals surface area contributed by atoms with Crippen molar-refractivity contribution in [2.45, 2.75) is 67.7 Å². The molecule has 2 unspecified atom stereocenters. The zero-order valence-electron chi connectivity index (χ0n) is 17.2. The van der Waals surface area contributed by atoms with Crippen molar-refractivity contribution in [3.8, 4) is 0 Å². The van der Waals surface area contributed by atoms with E-state index >= 15 is 0 Å². The smallest absolute Gasteiger partial charge is 0.319 e. The summed E-state index contributed by atoms with van der Waals surface area (Å²) in [6.45, 7) is 0.986. The Labute approximate surface area is 173 Å². The largest absolute Gasteiger partial charge is 0.375 e. The maximum Gasteiger partial charge on any atom is 0.319 e. The molecule has 7 nitrogen and oxygen atoms in total. The fourth-order valence-electron chi connectivity index (χ4n) is 5.00. The van der Waals surface area contributed by atoms with Crippen molar-refractivity contribution in [3.63, 3.8) is 0 Å². The van der Waals surface area contributed by atoms with Gasteiger partial charge in [0.2, 0.25) is 10.0 Å². The summed E-state index contributed by atoms with van der Waals surface area (Å²) in [7, 11) is 0.192. The van der Waals surface area contributed by atoms with Crippen molar-refractivity contribution >= 4 is 16.1 Å². The molecule has 3 heterocycles. The van der Waals surface area contributed by atoms with Crippen LogP contribution in [0.25, 0.3) is 0 Å². The van der Waals surface area contributed by atoms with Gasteiger partial charge in [0.25, 0.3) is 0 Å². The third-order valence-corrected chi connectivity index (χ3v) is 8.37. The lowest BCUT2D eigenvalue weighted by Crippen LogP contribution is -2.52. The average Bonchev–Trinajstić information content (AvgIpc) is 2.98. The van der Waals surface area contributed by atoms with Gasteiger partial charge in [0.1, 0.15) is 0 Å². The Hall–Kier alpha value is -1.64. The first kappa shape index (κ1) is 20.6. The summed E-state index contributed by atoms with van der Waals surface area (Å²) in [5.74, 6) is 0. The van der Waals surface area contributed by atoms with E-state index in [-0.39, 0.29) is 30.3 Å². The Morgan fingerprint density at radius 3 is 2.10 bits per heavy atom. The molecule has 1 aromatic carbocycles. The topological polar surface area (TPSA) is 70.2 Å². The Morgan fingerprint density at radius 1 is 0.966 bits per heavy atom. The van der Waals surface area contributed by atoms with Crippen molar-refractivity contribution in [1.29, 1.82) is 0 Å². The van der Waals surface area contributed by atoms with Gasteiger partial charge in [-0.05, 0) is 50.7 Å². The molecule has 0 aromatic heterocycles. The molecule has 3 fully saturated rings. The summed E-state index contributed by atoms with van der Waals surface area (Å²) < 4.78 is 33.5. The molecule has 3 saturated heterocycles. The van der Waals surface area contributed by atoms with Crippen molar-refractivity contribution in [2.24, 2.45) is 0 Å². The van der Waals surface area contributed by atoms with E-state index in [0.717, 1.165) is 38.5 Å². The summed E-state index contributed by atoms with van der Waals surface area (Å²) in [5, 5.41) is 0. The van der Waals surface area contributed by atoms with Gasteiger partial charge in [-0.15, -0.1) is 0 Å². The minimum atomic E-state index is -3.42. The van der Waals surface area contributed by atoms with Gasteiger partial charge in [-0.3, -0.25) is 0 Å². The predicted octanol–water partition coefficient (Wildman–Crippen LogP) is 2.53. The Balaban J connectivity index is 1.31. The van der Waals surface area contributed by atoms with Gasteiger partial charge in [-0.1, -0.05) is 18.2 Å². The monoisotopic (exact) mass is 421 g/mol. The number of carbonyl (C=O) groups is 1. The number of benzene rings is 1. The molecule has 0 saturated carbocycles. The van der Waals surface area contributed by atoms with E-state index < -0.39 is 10.0 Å². The van der Waals surface area contributed by atoms with Gasteiger partial charge in [-0.2, -0.15) is 4.31 Å². The van der Waals surface area contributed by atoms with Crippen LogP contribution in [-0.4, -0.2) is 80.0 Å². The minimum absolute atomic E-state index is 0.0951. The molecule has 0 radical (unpaired) electrons. The molecule has 160 valence electrons. The molecule has 2 amide bonds. The van der Waals surface area contributed by atoms with Crippen molar-refractivity contribution in [1.82, 2.24) is 14.1 Å². The summed E-state index contributed by atoms with van der Waals surface area (Å²) >= 11 is 0. The van der Waals surface area contributed by atoms with Gasteiger partial charge in [0.05, 0.1) is 17.1 Å². The molecular weight excluding hydrogens is 390 g/mol. The number of fused-ring (bicyclic) bond motifs is 2. The standard InChI is InChI=1S/C21H31N3O4S/c1-22(2)21(25)24-16-8-9-17(24)15-19(14-16)28-18-10-12-23(13-11-18)29(26,27)20-6-4-3-5-7-20/h3-7,16-19H,8-15H2,1-2H3. The van der Waals surface area contributed by atoms with Crippen LogP contribution in [0.1, 0.15) is 38.5 Å². The highest BCUT2D eigenvalue weighted by Crippen LogP contribution is 2.38. The van der Waals surface area contributed by atoms with Crippen LogP contribution >= 0.6 is 0 Å². The van der Waals surface area contributed by atoms with Crippen molar-refractivity contribution in [2.75, 3.05) is 27.2 Å². The predicted molar refractivity (Wildman–Crippen MR) is 110 cm³/mol. The number of rotatable bonds is 4. The van der Waals surface area contributed by atoms with Crippen LogP contribution in [0, 0.1) is 0 Å². The molecule has 4 rings (SSSR count). The third-order valence-electron chi connectivity index (χ3n) is 6.46. The van der Waals surface area contributed by atoms with E-state index in [4.69, 9.17) is 4.74 Å². The molecule has 1 aromatic rings. The number of piperidine rings is 2. The van der Waals surface area contributed by atoms with Crippen LogP contribution in [0.5, 0.6) is 0 Å². The van der Waals surface area contributed by atoms with E-state index in [0.29, 0.717) is 18.0 Å². The average molecular weight is 422 g/mol. The number of urea groups is 1. The van der Waals surface area contributed by atoms with E-state index in [1.807, 2.05) is 20.2 Å². The van der Waals surface area contributed by atoms with Crippen LogP contribution in [0.15, 0.2) is 35.2 Å². The fourth-order valence-corrected chi connectivity index (χ4v) is 6.49. The molecule has 0 aliphatic carbocycles. The number of nitrogens with zero attached hydrogens (tertiary/aromatic N) is 3. The first-order valence-electron chi connectivity index (χ1n) is 10.6. The highest BCUT2D eigenvalue weighted by atomic mass is 32.2. The number of sulfonamides is 1. The Kier molecular flexibility index (Phi) is 5.86. The molecule has 0 N–H and O–H groups in total. The van der Waals surface area contributed by atoms with Gasteiger partial charge < -0.3 is 14.5 Å². The number of ether oxygens (including phenoxy) is 1. The second kappa shape index (κ2) is 8.24. The molecule has 8 heteroatoms. The van der Waals surface area contributed by atoms with E-state index in [9.17, 15) is 13.2 Å². The van der Waals surface area contributed by atoms with E-state index in [2.05, 4.69) is 4.90 Å². The Morgan fingerprint density at radius 2 is 1.55 bits per heavy atom. The number of amides is 2. The van der Waals surface area contributed by atoms with Crippen LogP contribution in [-0.2, 0) is 14.8 Å². The summed E-state index contributed by atoms with van der Waals surface area (Å²) in [4.78, 5) is 16.5. The van der Waals surface area contributed by atoms with Gasteiger partial charge in [0.15, 0.2) is 0 Å². The summed E-state index contributed by atoms with van der Waals surface area (Å²) in [6, 6.07) is 9.28. The molecular formula is C21H31N3O4S. The lowest BCUT2D eigenvalue weighted by molar-refractivity contribution is -0.0685. The first-order chi connectivity index (χ1) is 13.9. The second-order valence-electron chi connectivity index (χ2n) is 8.62. The van der Waals surface area contributed by atoms with E-state index in [1.165, 1.54) is 0 Å².